The first kappa shape index (κ1) is 48.1. The van der Waals surface area contributed by atoms with Gasteiger partial charge in [0.15, 0.2) is 0 Å². The molecule has 3 fully saturated rings. The number of fused-ring (bicyclic) bond motifs is 1. The lowest BCUT2D eigenvalue weighted by Crippen LogP contribution is -2.63. The Morgan fingerprint density at radius 3 is 1.95 bits per heavy atom. The smallest absolute Gasteiger partial charge is 0.353 e. The number of aliphatic hydroxyl groups excluding tert-OH is 1. The Balaban J connectivity index is 0.939. The molecule has 5 aliphatic heterocycles. The fourth-order valence-electron chi connectivity index (χ4n) is 9.46. The van der Waals surface area contributed by atoms with E-state index in [1.807, 2.05) is 6.92 Å². The molecule has 0 spiro atoms. The normalized spacial score (nSPS) is 29.3. The Kier molecular flexibility index (Phi) is 14.3. The van der Waals surface area contributed by atoms with Crippen LogP contribution in [-0.2, 0) is 33.5 Å². The zero-order chi connectivity index (χ0) is 47.9. The number of rotatable bonds is 17. The molecule has 352 valence electrons. The number of nitrogens with one attached hydrogen (secondary N) is 4. The molecule has 1 unspecified atom stereocenters. The predicted octanol–water partition coefficient (Wildman–Crippen LogP) is 2.20. The highest BCUT2D eigenvalue weighted by molar-refractivity contribution is 8.03. The van der Waals surface area contributed by atoms with E-state index in [0.717, 1.165) is 0 Å². The van der Waals surface area contributed by atoms with Gasteiger partial charge in [-0.25, -0.2) is 19.2 Å². The van der Waals surface area contributed by atoms with Crippen LogP contribution in [-0.4, -0.2) is 149 Å². The molecule has 20 nitrogen and oxygen atoms in total. The monoisotopic (exact) mass is 950 g/mol. The van der Waals surface area contributed by atoms with Crippen molar-refractivity contribution in [1.29, 1.82) is 0 Å². The lowest BCUT2D eigenvalue weighted by molar-refractivity contribution is -0.163. The summed E-state index contributed by atoms with van der Waals surface area (Å²) < 4.78 is 5.67. The molecule has 2 aromatic rings. The highest BCUT2D eigenvalue weighted by Crippen LogP contribution is 2.52. The van der Waals surface area contributed by atoms with Crippen molar-refractivity contribution in [2.45, 2.75) is 92.7 Å². The van der Waals surface area contributed by atoms with E-state index in [1.165, 1.54) is 78.7 Å². The van der Waals surface area contributed by atoms with Gasteiger partial charge in [0.25, 0.3) is 0 Å². The zero-order valence-corrected chi connectivity index (χ0v) is 37.7. The highest BCUT2D eigenvalue weighted by atomic mass is 32.2. The second kappa shape index (κ2) is 19.6. The number of hydrogen-bond acceptors (Lipinski definition) is 15. The van der Waals surface area contributed by atoms with Gasteiger partial charge in [-0.3, -0.25) is 24.2 Å². The number of hydrogen-bond donors (Lipinski definition) is 9. The number of nitrogens with zero attached hydrogens (tertiary/aromatic N) is 2. The first-order valence-corrected chi connectivity index (χ1v) is 23.1. The fraction of sp³-hybridized carbons (Fsp3) is 0.477. The predicted molar refractivity (Wildman–Crippen MR) is 240 cm³/mol. The Morgan fingerprint density at radius 1 is 0.818 bits per heavy atom. The lowest BCUT2D eigenvalue weighted by Gasteiger charge is -2.46. The molecule has 0 aromatic heterocycles. The number of carboxylic acids is 4. The molecule has 0 aliphatic carbocycles. The maximum Gasteiger partial charge on any atom is 0.353 e. The van der Waals surface area contributed by atoms with Crippen molar-refractivity contribution in [2.75, 3.05) is 23.7 Å². The summed E-state index contributed by atoms with van der Waals surface area (Å²) in [6, 6.07) is 8.73. The van der Waals surface area contributed by atoms with E-state index in [1.54, 1.807) is 19.1 Å². The topological polar surface area (TPSA) is 311 Å². The summed E-state index contributed by atoms with van der Waals surface area (Å²) >= 11 is 2.56. The van der Waals surface area contributed by atoms with E-state index >= 15 is 0 Å². The van der Waals surface area contributed by atoms with Crippen molar-refractivity contribution < 1.29 is 68.6 Å². The molecule has 7 rings (SSSR count). The van der Waals surface area contributed by atoms with E-state index < -0.39 is 107 Å². The van der Waals surface area contributed by atoms with Gasteiger partial charge in [0.2, 0.25) is 17.7 Å². The van der Waals surface area contributed by atoms with Crippen molar-refractivity contribution in [1.82, 2.24) is 15.5 Å². The van der Waals surface area contributed by atoms with Gasteiger partial charge in [-0.2, -0.15) is 0 Å². The largest absolute Gasteiger partial charge is 0.481 e. The molecule has 3 amide bonds. The third-order valence-corrected chi connectivity index (χ3v) is 15.9. The number of esters is 1. The zero-order valence-electron chi connectivity index (χ0n) is 36.1. The molecule has 5 aliphatic rings. The number of anilines is 2. The Labute approximate surface area is 386 Å². The van der Waals surface area contributed by atoms with Crippen molar-refractivity contribution in [2.24, 2.45) is 28.7 Å². The summed E-state index contributed by atoms with van der Waals surface area (Å²) in [5, 5.41) is 60.5. The fourth-order valence-corrected chi connectivity index (χ4v) is 12.6. The van der Waals surface area contributed by atoms with Crippen LogP contribution in [0.5, 0.6) is 0 Å². The Hall–Kier alpha value is -5.81. The van der Waals surface area contributed by atoms with Crippen LogP contribution in [0, 0.1) is 23.7 Å². The number of carbonyl (C=O) groups excluding carboxylic acids is 4. The number of thioether (sulfide) groups is 2. The SMILES string of the molecule is C[C@@H](O)[C@H]1C(=O)N2C(C(=O)O)=C(S[C@@H]3CN[C@H](C(=O)Nc4cccc(C(=O)O[C@H](C)[C@H](C(=O)O)[C@@H]5N=C(C(=O)O)C(S[C@@H]6CN[C@H](C(=O)Nc7cccc(C(=O)O)c7)C6)[C@@H]5C)c4)C3)[C@H](C)[C@H]12. The van der Waals surface area contributed by atoms with Crippen molar-refractivity contribution in [3.63, 3.8) is 0 Å². The molecule has 2 aromatic carbocycles. The molecular formula is C44H50N6O14S2. The Morgan fingerprint density at radius 2 is 1.39 bits per heavy atom. The maximum atomic E-state index is 13.5. The third kappa shape index (κ3) is 9.68. The van der Waals surface area contributed by atoms with Crippen molar-refractivity contribution >= 4 is 88.2 Å². The van der Waals surface area contributed by atoms with Gasteiger partial charge in [0, 0.05) is 45.8 Å². The van der Waals surface area contributed by atoms with E-state index in [9.17, 15) is 63.9 Å². The third-order valence-electron chi connectivity index (χ3n) is 12.7. The molecule has 0 saturated carbocycles. The van der Waals surface area contributed by atoms with Gasteiger partial charge in [0.05, 0.1) is 52.6 Å². The first-order valence-electron chi connectivity index (χ1n) is 21.3. The number of aliphatic hydroxyl groups is 1. The number of β-lactam (4-membered cyclic amide) rings is 1. The summed E-state index contributed by atoms with van der Waals surface area (Å²) in [6.45, 7) is 7.08. The van der Waals surface area contributed by atoms with Gasteiger partial charge in [-0.15, -0.1) is 23.5 Å². The van der Waals surface area contributed by atoms with Crippen LogP contribution >= 0.6 is 23.5 Å². The van der Waals surface area contributed by atoms with Gasteiger partial charge >= 0.3 is 29.8 Å². The number of benzene rings is 2. The van der Waals surface area contributed by atoms with Gasteiger partial charge in [0.1, 0.15) is 23.4 Å². The van der Waals surface area contributed by atoms with Crippen molar-refractivity contribution in [3.8, 4) is 0 Å². The minimum atomic E-state index is -1.45. The number of amides is 3. The molecule has 9 N–H and O–H groups in total. The number of carbonyl (C=O) groups is 8. The molecule has 22 heteroatoms. The Bertz CT molecular complexity index is 2410. The molecule has 5 heterocycles. The van der Waals surface area contributed by atoms with Crippen LogP contribution in [0.15, 0.2) is 64.1 Å². The number of aromatic carboxylic acids is 1. The number of carboxylic acid groups (broad SMARTS) is 4. The number of aliphatic imine (C=N–C) groups is 1. The van der Waals surface area contributed by atoms with E-state index in [2.05, 4.69) is 26.3 Å². The highest BCUT2D eigenvalue weighted by Gasteiger charge is 2.60. The van der Waals surface area contributed by atoms with Gasteiger partial charge in [-0.05, 0) is 69.0 Å². The van der Waals surface area contributed by atoms with Crippen LogP contribution < -0.4 is 21.3 Å². The molecule has 0 bridgehead atoms. The van der Waals surface area contributed by atoms with Gasteiger partial charge in [-0.1, -0.05) is 26.0 Å². The van der Waals surface area contributed by atoms with Crippen LogP contribution in [0.2, 0.25) is 0 Å². The minimum Gasteiger partial charge on any atom is -0.481 e. The number of ether oxygens (including phenoxy) is 1. The van der Waals surface area contributed by atoms with Crippen LogP contribution in [0.3, 0.4) is 0 Å². The summed E-state index contributed by atoms with van der Waals surface area (Å²) in [6.07, 6.45) is -1.60. The summed E-state index contributed by atoms with van der Waals surface area (Å²) in [4.78, 5) is 108. The molecule has 66 heavy (non-hydrogen) atoms. The first-order chi connectivity index (χ1) is 31.2. The minimum absolute atomic E-state index is 0.000756. The molecular weight excluding hydrogens is 901 g/mol. The second-order valence-electron chi connectivity index (χ2n) is 17.2. The average molecular weight is 951 g/mol. The average Bonchev–Trinajstić information content (AvgIpc) is 4.04. The summed E-state index contributed by atoms with van der Waals surface area (Å²) in [7, 11) is 0. The maximum absolute atomic E-state index is 13.5. The molecule has 13 atom stereocenters. The van der Waals surface area contributed by atoms with Crippen LogP contribution in [0.4, 0.5) is 11.4 Å². The lowest BCUT2D eigenvalue weighted by atomic mass is 9.79. The molecule has 0 radical (unpaired) electrons. The van der Waals surface area contributed by atoms with E-state index in [4.69, 9.17) is 4.74 Å². The van der Waals surface area contributed by atoms with Gasteiger partial charge < -0.3 is 56.4 Å². The van der Waals surface area contributed by atoms with E-state index in [0.29, 0.717) is 36.5 Å². The van der Waals surface area contributed by atoms with Crippen molar-refractivity contribution in [3.05, 3.63) is 70.3 Å². The quantitative estimate of drug-likeness (QED) is 0.0811. The molecule has 3 saturated heterocycles. The summed E-state index contributed by atoms with van der Waals surface area (Å²) in [5.41, 5.74) is 0.209. The van der Waals surface area contributed by atoms with Crippen LogP contribution in [0.1, 0.15) is 61.3 Å². The second-order valence-corrected chi connectivity index (χ2v) is 20.0. The number of aliphatic carboxylic acids is 3. The van der Waals surface area contributed by atoms with Crippen LogP contribution in [0.25, 0.3) is 0 Å². The summed E-state index contributed by atoms with van der Waals surface area (Å²) in [5.74, 6) is -10.4. The standard InChI is InChI=1S/C44H50N6O14S2/c1-17-31(49-32(42(59)60)35(17)65-25-13-27(45-15-25)37(52)47-23-9-5-7-21(11-23)40(55)56)30(41(57)58)20(4)64-44(63)22-8-6-10-24(12-22)48-38(53)28-14-26(16-46-28)66-36-18(2)33-29(19(3)51)39(54)50(33)34(36)43(61)62/h5-12,17-20,25-31,33,35,45-46,51H,13-16H2,1-4H3,(H,47,52)(H,48,53)(H,55,56)(H,57,58)(H,59,60)(H,61,62)/t17-,18-,19-,20-,25+,26+,27+,28+,29-,30+,31-,33-,35?/m1/s1. The van der Waals surface area contributed by atoms with E-state index in [-0.39, 0.29) is 44.6 Å².